The smallest absolute Gasteiger partial charge is 0.307 e. The average Bonchev–Trinajstić information content (AvgIpc) is 1.96. The van der Waals surface area contributed by atoms with E-state index in [2.05, 4.69) is 0 Å². The van der Waals surface area contributed by atoms with Crippen molar-refractivity contribution in [3.05, 3.63) is 34.3 Å². The highest BCUT2D eigenvalue weighted by Crippen LogP contribution is 2.17. The van der Waals surface area contributed by atoms with Crippen LogP contribution in [0.2, 0.25) is 5.02 Å². The van der Waals surface area contributed by atoms with E-state index in [0.29, 0.717) is 10.6 Å². The highest BCUT2D eigenvalue weighted by molar-refractivity contribution is 6.31. The number of carbonyl (C=O) groups is 1. The standard InChI is InChI=1S/C9H9ClO2/c1-6-2-3-8(10)7(4-6)5-9(11)12/h2-4H,5H2,1H3,(H,11,12). The molecule has 0 aliphatic carbocycles. The quantitative estimate of drug-likeness (QED) is 0.766. The van der Waals surface area contributed by atoms with Crippen LogP contribution in [0.15, 0.2) is 18.2 Å². The Morgan fingerprint density at radius 3 is 2.83 bits per heavy atom. The molecule has 0 unspecified atom stereocenters. The second kappa shape index (κ2) is 3.59. The van der Waals surface area contributed by atoms with Gasteiger partial charge in [0.25, 0.3) is 0 Å². The second-order valence-corrected chi connectivity index (χ2v) is 3.07. The van der Waals surface area contributed by atoms with E-state index < -0.39 is 5.97 Å². The first-order chi connectivity index (χ1) is 5.59. The molecule has 0 spiro atoms. The molecule has 0 amide bonds. The Morgan fingerprint density at radius 1 is 1.58 bits per heavy atom. The van der Waals surface area contributed by atoms with E-state index in [1.165, 1.54) is 0 Å². The summed E-state index contributed by atoms with van der Waals surface area (Å²) in [6.07, 6.45) is -0.0134. The molecule has 2 nitrogen and oxygen atoms in total. The molecule has 0 saturated heterocycles. The number of aryl methyl sites for hydroxylation is 1. The lowest BCUT2D eigenvalue weighted by atomic mass is 10.1. The molecular weight excluding hydrogens is 176 g/mol. The normalized spacial score (nSPS) is 9.83. The summed E-state index contributed by atoms with van der Waals surface area (Å²) in [6.45, 7) is 1.90. The van der Waals surface area contributed by atoms with Gasteiger partial charge in [0.2, 0.25) is 0 Å². The summed E-state index contributed by atoms with van der Waals surface area (Å²) in [6, 6.07) is 5.36. The zero-order chi connectivity index (χ0) is 9.14. The van der Waals surface area contributed by atoms with Gasteiger partial charge < -0.3 is 5.11 Å². The van der Waals surface area contributed by atoms with Crippen molar-refractivity contribution in [3.8, 4) is 0 Å². The van der Waals surface area contributed by atoms with Gasteiger partial charge in [-0.3, -0.25) is 4.79 Å². The van der Waals surface area contributed by atoms with Gasteiger partial charge >= 0.3 is 5.97 Å². The third-order valence-corrected chi connectivity index (χ3v) is 1.91. The zero-order valence-corrected chi connectivity index (χ0v) is 7.43. The van der Waals surface area contributed by atoms with E-state index in [-0.39, 0.29) is 6.42 Å². The minimum Gasteiger partial charge on any atom is -0.481 e. The highest BCUT2D eigenvalue weighted by Gasteiger charge is 2.04. The molecular formula is C9H9ClO2. The second-order valence-electron chi connectivity index (χ2n) is 2.67. The van der Waals surface area contributed by atoms with Crippen LogP contribution in [0.1, 0.15) is 11.1 Å². The monoisotopic (exact) mass is 184 g/mol. The molecule has 0 aromatic heterocycles. The van der Waals surface area contributed by atoms with E-state index >= 15 is 0 Å². The Bertz CT molecular complexity index is 307. The number of hydrogen-bond donors (Lipinski definition) is 1. The molecule has 3 heteroatoms. The van der Waals surface area contributed by atoms with Crippen LogP contribution < -0.4 is 0 Å². The fourth-order valence-corrected chi connectivity index (χ4v) is 1.19. The maximum atomic E-state index is 10.4. The van der Waals surface area contributed by atoms with Crippen molar-refractivity contribution in [3.63, 3.8) is 0 Å². The summed E-state index contributed by atoms with van der Waals surface area (Å²) >= 11 is 5.78. The molecule has 0 aliphatic rings. The van der Waals surface area contributed by atoms with Crippen LogP contribution in [-0.4, -0.2) is 11.1 Å². The van der Waals surface area contributed by atoms with Gasteiger partial charge in [0, 0.05) is 5.02 Å². The number of carboxylic acid groups (broad SMARTS) is 1. The van der Waals surface area contributed by atoms with Crippen molar-refractivity contribution < 1.29 is 9.90 Å². The molecule has 0 aliphatic heterocycles. The zero-order valence-electron chi connectivity index (χ0n) is 6.67. The van der Waals surface area contributed by atoms with Crippen molar-refractivity contribution in [2.24, 2.45) is 0 Å². The fourth-order valence-electron chi connectivity index (χ4n) is 1.00. The molecule has 0 bridgehead atoms. The number of aliphatic carboxylic acids is 1. The summed E-state index contributed by atoms with van der Waals surface area (Å²) in [5.74, 6) is -0.859. The van der Waals surface area contributed by atoms with Gasteiger partial charge in [-0.2, -0.15) is 0 Å². The van der Waals surface area contributed by atoms with Gasteiger partial charge in [0.05, 0.1) is 6.42 Å². The maximum absolute atomic E-state index is 10.4. The third kappa shape index (κ3) is 2.24. The predicted octanol–water partition coefficient (Wildman–Crippen LogP) is 2.28. The van der Waals surface area contributed by atoms with Crippen LogP contribution in [0.3, 0.4) is 0 Å². The SMILES string of the molecule is Cc1ccc(Cl)c(CC(=O)O)c1. The third-order valence-electron chi connectivity index (χ3n) is 1.54. The first-order valence-corrected chi connectivity index (χ1v) is 3.94. The Hall–Kier alpha value is -1.02. The van der Waals surface area contributed by atoms with Crippen LogP contribution in [-0.2, 0) is 11.2 Å². The Kier molecular flexibility index (Phi) is 2.71. The Morgan fingerprint density at radius 2 is 2.25 bits per heavy atom. The van der Waals surface area contributed by atoms with Crippen LogP contribution >= 0.6 is 11.6 Å². The van der Waals surface area contributed by atoms with Crippen LogP contribution in [0.25, 0.3) is 0 Å². The summed E-state index contributed by atoms with van der Waals surface area (Å²) in [5, 5.41) is 9.04. The van der Waals surface area contributed by atoms with E-state index in [1.54, 1.807) is 12.1 Å². The van der Waals surface area contributed by atoms with E-state index in [9.17, 15) is 4.79 Å². The molecule has 1 aromatic rings. The molecule has 0 atom stereocenters. The van der Waals surface area contributed by atoms with Crippen molar-refractivity contribution in [2.75, 3.05) is 0 Å². The molecule has 1 N–H and O–H groups in total. The molecule has 0 fully saturated rings. The molecule has 0 radical (unpaired) electrons. The molecule has 1 rings (SSSR count). The highest BCUT2D eigenvalue weighted by atomic mass is 35.5. The minimum absolute atomic E-state index is 0.0134. The van der Waals surface area contributed by atoms with Crippen molar-refractivity contribution in [1.82, 2.24) is 0 Å². The number of halogens is 1. The molecule has 0 heterocycles. The first-order valence-electron chi connectivity index (χ1n) is 3.56. The largest absolute Gasteiger partial charge is 0.481 e. The summed E-state index contributed by atoms with van der Waals surface area (Å²) in [5.41, 5.74) is 1.69. The molecule has 1 aromatic carbocycles. The molecule has 12 heavy (non-hydrogen) atoms. The fraction of sp³-hybridized carbons (Fsp3) is 0.222. The first kappa shape index (κ1) is 9.07. The lowest BCUT2D eigenvalue weighted by Gasteiger charge is -2.01. The average molecular weight is 185 g/mol. The lowest BCUT2D eigenvalue weighted by molar-refractivity contribution is -0.136. The van der Waals surface area contributed by atoms with Crippen LogP contribution in [0, 0.1) is 6.92 Å². The van der Waals surface area contributed by atoms with Gasteiger partial charge in [-0.25, -0.2) is 0 Å². The topological polar surface area (TPSA) is 37.3 Å². The number of carboxylic acids is 1. The van der Waals surface area contributed by atoms with E-state index in [0.717, 1.165) is 5.56 Å². The Balaban J connectivity index is 2.97. The van der Waals surface area contributed by atoms with E-state index in [4.69, 9.17) is 16.7 Å². The molecule has 64 valence electrons. The van der Waals surface area contributed by atoms with Crippen molar-refractivity contribution >= 4 is 17.6 Å². The summed E-state index contributed by atoms with van der Waals surface area (Å²) in [7, 11) is 0. The summed E-state index contributed by atoms with van der Waals surface area (Å²) in [4.78, 5) is 10.4. The van der Waals surface area contributed by atoms with Crippen molar-refractivity contribution in [2.45, 2.75) is 13.3 Å². The minimum atomic E-state index is -0.859. The van der Waals surface area contributed by atoms with Gasteiger partial charge in [-0.05, 0) is 18.6 Å². The lowest BCUT2D eigenvalue weighted by Crippen LogP contribution is -2.00. The number of rotatable bonds is 2. The maximum Gasteiger partial charge on any atom is 0.307 e. The van der Waals surface area contributed by atoms with Crippen LogP contribution in [0.5, 0.6) is 0 Å². The van der Waals surface area contributed by atoms with Gasteiger partial charge in [0.1, 0.15) is 0 Å². The van der Waals surface area contributed by atoms with Crippen LogP contribution in [0.4, 0.5) is 0 Å². The predicted molar refractivity (Wildman–Crippen MR) is 47.5 cm³/mol. The van der Waals surface area contributed by atoms with Gasteiger partial charge in [-0.15, -0.1) is 0 Å². The number of hydrogen-bond acceptors (Lipinski definition) is 1. The van der Waals surface area contributed by atoms with Gasteiger partial charge in [-0.1, -0.05) is 29.3 Å². The Labute approximate surface area is 75.8 Å². The van der Waals surface area contributed by atoms with Gasteiger partial charge in [0.15, 0.2) is 0 Å². The van der Waals surface area contributed by atoms with Crippen molar-refractivity contribution in [1.29, 1.82) is 0 Å². The van der Waals surface area contributed by atoms with E-state index in [1.807, 2.05) is 13.0 Å². The summed E-state index contributed by atoms with van der Waals surface area (Å²) < 4.78 is 0. The molecule has 0 saturated carbocycles. The number of benzene rings is 1.